The van der Waals surface area contributed by atoms with Gasteiger partial charge in [-0.2, -0.15) is 0 Å². The van der Waals surface area contributed by atoms with Crippen LogP contribution in [0.15, 0.2) is 35.0 Å². The van der Waals surface area contributed by atoms with Gasteiger partial charge in [-0.15, -0.1) is 0 Å². The number of allylic oxidation sites excluding steroid dienone is 2. The molecular weight excluding hydrogens is 596 g/mol. The monoisotopic (exact) mass is 660 g/mol. The van der Waals surface area contributed by atoms with Crippen LogP contribution in [0.1, 0.15) is 145 Å². The van der Waals surface area contributed by atoms with Gasteiger partial charge in [0.25, 0.3) is 0 Å². The van der Waals surface area contributed by atoms with Gasteiger partial charge in [0.1, 0.15) is 11.9 Å². The van der Waals surface area contributed by atoms with E-state index in [4.69, 9.17) is 13.9 Å². The van der Waals surface area contributed by atoms with Crippen molar-refractivity contribution in [1.29, 1.82) is 0 Å². The summed E-state index contributed by atoms with van der Waals surface area (Å²) in [6.07, 6.45) is 20.2. The second kappa shape index (κ2) is 18.8. The summed E-state index contributed by atoms with van der Waals surface area (Å²) >= 11 is 0. The maximum Gasteiger partial charge on any atom is 0.321 e. The molecule has 0 saturated carbocycles. The molecule has 3 atom stereocenters. The first-order chi connectivity index (χ1) is 22.1. The molecule has 1 aromatic rings. The molecule has 1 aliphatic rings. The predicted molar refractivity (Wildman–Crippen MR) is 186 cm³/mol. The Hall–Kier alpha value is -2.65. The molecule has 0 aromatic carbocycles. The van der Waals surface area contributed by atoms with E-state index in [0.717, 1.165) is 32.1 Å². The average Bonchev–Trinajstić information content (AvgIpc) is 3.54. The van der Waals surface area contributed by atoms with Crippen molar-refractivity contribution in [2.24, 2.45) is 10.8 Å². The highest BCUT2D eigenvalue weighted by atomic mass is 16.7. The molecule has 1 saturated heterocycles. The molecule has 9 nitrogen and oxygen atoms in total. The number of carboxylic acids is 1. The maximum atomic E-state index is 13.6. The Labute approximate surface area is 284 Å². The highest BCUT2D eigenvalue weighted by Gasteiger charge is 2.51. The molecule has 1 aromatic heterocycles. The molecule has 47 heavy (non-hydrogen) atoms. The third-order valence-electron chi connectivity index (χ3n) is 9.54. The number of amides is 2. The summed E-state index contributed by atoms with van der Waals surface area (Å²) in [5, 5.41) is 16.4. The Morgan fingerprint density at radius 1 is 0.979 bits per heavy atom. The highest BCUT2D eigenvalue weighted by Crippen LogP contribution is 2.36. The minimum atomic E-state index is -1.75. The maximum absolute atomic E-state index is 13.6. The van der Waals surface area contributed by atoms with E-state index < -0.39 is 46.1 Å². The quantitative estimate of drug-likeness (QED) is 0.0848. The van der Waals surface area contributed by atoms with Crippen LogP contribution < -0.4 is 10.6 Å². The number of nitrogens with one attached hydrogen (secondary N) is 2. The van der Waals surface area contributed by atoms with Crippen molar-refractivity contribution >= 4 is 17.8 Å². The van der Waals surface area contributed by atoms with Crippen LogP contribution >= 0.6 is 0 Å². The first-order valence-electron chi connectivity index (χ1n) is 17.9. The van der Waals surface area contributed by atoms with Gasteiger partial charge in [-0.3, -0.25) is 14.4 Å². The number of ether oxygens (including phenoxy) is 2. The van der Waals surface area contributed by atoms with Crippen LogP contribution in [0, 0.1) is 10.8 Å². The van der Waals surface area contributed by atoms with Gasteiger partial charge in [0.15, 0.2) is 11.2 Å². The largest absolute Gasteiger partial charge is 0.480 e. The van der Waals surface area contributed by atoms with Crippen molar-refractivity contribution in [2.75, 3.05) is 13.2 Å². The van der Waals surface area contributed by atoms with Crippen LogP contribution in [0.5, 0.6) is 0 Å². The fourth-order valence-corrected chi connectivity index (χ4v) is 6.08. The van der Waals surface area contributed by atoms with Gasteiger partial charge >= 0.3 is 5.97 Å². The third kappa shape index (κ3) is 12.4. The lowest BCUT2D eigenvalue weighted by molar-refractivity contribution is -0.304. The number of hydrogen-bond donors (Lipinski definition) is 3. The molecular formula is C38H64N2O7. The second-order valence-corrected chi connectivity index (χ2v) is 15.2. The highest BCUT2D eigenvalue weighted by molar-refractivity contribution is 5.88. The molecule has 0 bridgehead atoms. The predicted octanol–water partition coefficient (Wildman–Crippen LogP) is 8.07. The SMILES string of the molecule is CCCCCCCC/C=C/CCCCCCC(C)(C)C(=O)NC(C)C(CNC(=O)C1OC(C)(C)OCC1(C)C)(C(=O)O)c1ccco1. The zero-order valence-corrected chi connectivity index (χ0v) is 30.5. The van der Waals surface area contributed by atoms with E-state index >= 15 is 0 Å². The van der Waals surface area contributed by atoms with E-state index in [1.165, 1.54) is 51.2 Å². The van der Waals surface area contributed by atoms with Gasteiger partial charge in [-0.1, -0.05) is 98.1 Å². The fourth-order valence-electron chi connectivity index (χ4n) is 6.08. The number of carbonyl (C=O) groups is 3. The Morgan fingerprint density at radius 3 is 2.15 bits per heavy atom. The summed E-state index contributed by atoms with van der Waals surface area (Å²) in [6.45, 7) is 14.9. The number of hydrogen-bond acceptors (Lipinski definition) is 6. The molecule has 3 unspecified atom stereocenters. The van der Waals surface area contributed by atoms with Crippen LogP contribution in [0.25, 0.3) is 0 Å². The Bertz CT molecular complexity index is 1130. The van der Waals surface area contributed by atoms with Crippen molar-refractivity contribution in [3.63, 3.8) is 0 Å². The zero-order chi connectivity index (χ0) is 35.1. The number of unbranched alkanes of at least 4 members (excludes halogenated alkanes) is 10. The zero-order valence-electron chi connectivity index (χ0n) is 30.5. The van der Waals surface area contributed by atoms with Crippen LogP contribution in [-0.2, 0) is 29.3 Å². The van der Waals surface area contributed by atoms with Crippen molar-refractivity contribution in [2.45, 2.75) is 162 Å². The van der Waals surface area contributed by atoms with Gasteiger partial charge in [0.05, 0.1) is 18.9 Å². The molecule has 2 rings (SSSR count). The van der Waals surface area contributed by atoms with E-state index in [9.17, 15) is 19.5 Å². The van der Waals surface area contributed by atoms with Crippen molar-refractivity contribution in [3.05, 3.63) is 36.3 Å². The van der Waals surface area contributed by atoms with Gasteiger partial charge in [0, 0.05) is 17.4 Å². The van der Waals surface area contributed by atoms with Crippen molar-refractivity contribution in [1.82, 2.24) is 10.6 Å². The summed E-state index contributed by atoms with van der Waals surface area (Å²) < 4.78 is 17.3. The van der Waals surface area contributed by atoms with E-state index in [0.29, 0.717) is 13.0 Å². The molecule has 0 radical (unpaired) electrons. The first kappa shape index (κ1) is 40.5. The summed E-state index contributed by atoms with van der Waals surface area (Å²) in [7, 11) is 0. The Morgan fingerprint density at radius 2 is 1.57 bits per heavy atom. The molecule has 2 heterocycles. The smallest absolute Gasteiger partial charge is 0.321 e. The van der Waals surface area contributed by atoms with Crippen LogP contribution in [0.2, 0.25) is 0 Å². The Balaban J connectivity index is 1.92. The van der Waals surface area contributed by atoms with E-state index in [-0.39, 0.29) is 18.2 Å². The molecule has 0 aliphatic carbocycles. The molecule has 268 valence electrons. The standard InChI is InChI=1S/C38H64N2O7/c1-9-10-11-12-13-14-15-16-17-18-19-20-21-22-25-35(3,4)33(42)40-29(2)38(34(43)44,30-24-23-26-45-30)27-39-32(41)31-36(5,6)28-46-37(7,8)47-31/h16-17,23-24,26,29,31H,9-15,18-22,25,27-28H2,1-8H3,(H,39,41)(H,40,42)(H,43,44)/b17-16+. The third-order valence-corrected chi connectivity index (χ3v) is 9.54. The topological polar surface area (TPSA) is 127 Å². The number of furan rings is 1. The Kier molecular flexibility index (Phi) is 16.2. The molecule has 1 fully saturated rings. The van der Waals surface area contributed by atoms with E-state index in [2.05, 4.69) is 29.7 Å². The van der Waals surface area contributed by atoms with E-state index in [1.54, 1.807) is 32.9 Å². The van der Waals surface area contributed by atoms with Crippen LogP contribution in [0.4, 0.5) is 0 Å². The lowest BCUT2D eigenvalue weighted by Crippen LogP contribution is -2.62. The fraction of sp³-hybridized carbons (Fsp3) is 0.763. The number of rotatable bonds is 22. The number of aliphatic carboxylic acids is 1. The van der Waals surface area contributed by atoms with Gasteiger partial charge in [-0.05, 0) is 65.0 Å². The van der Waals surface area contributed by atoms with Crippen LogP contribution in [0.3, 0.4) is 0 Å². The average molecular weight is 661 g/mol. The summed E-state index contributed by atoms with van der Waals surface area (Å²) in [5.41, 5.74) is -3.09. The normalized spacial score (nSPS) is 19.6. The first-order valence-corrected chi connectivity index (χ1v) is 17.9. The summed E-state index contributed by atoms with van der Waals surface area (Å²) in [4.78, 5) is 40.0. The van der Waals surface area contributed by atoms with Gasteiger partial charge in [0.2, 0.25) is 11.8 Å². The van der Waals surface area contributed by atoms with E-state index in [1.807, 2.05) is 27.7 Å². The second-order valence-electron chi connectivity index (χ2n) is 15.2. The van der Waals surface area contributed by atoms with Gasteiger partial charge < -0.3 is 29.6 Å². The molecule has 9 heteroatoms. The lowest BCUT2D eigenvalue weighted by atomic mass is 9.76. The number of carbonyl (C=O) groups excluding carboxylic acids is 2. The number of carboxylic acid groups (broad SMARTS) is 1. The lowest BCUT2D eigenvalue weighted by Gasteiger charge is -2.45. The molecule has 2 amide bonds. The van der Waals surface area contributed by atoms with Crippen LogP contribution in [-0.4, -0.2) is 54.0 Å². The van der Waals surface area contributed by atoms with Gasteiger partial charge in [-0.25, -0.2) is 0 Å². The van der Waals surface area contributed by atoms with Crippen molar-refractivity contribution < 1.29 is 33.4 Å². The minimum Gasteiger partial charge on any atom is -0.480 e. The molecule has 1 aliphatic heterocycles. The molecule has 0 spiro atoms. The minimum absolute atomic E-state index is 0.143. The summed E-state index contributed by atoms with van der Waals surface area (Å²) in [5.74, 6) is -2.71. The molecule has 3 N–H and O–H groups in total. The van der Waals surface area contributed by atoms with Crippen molar-refractivity contribution in [3.8, 4) is 0 Å². The summed E-state index contributed by atoms with van der Waals surface area (Å²) in [6, 6.07) is 2.27.